The smallest absolute Gasteiger partial charge is 0.249 e. The first-order valence-electron chi connectivity index (χ1n) is 8.68. The van der Waals surface area contributed by atoms with Gasteiger partial charge in [-0.05, 0) is 58.7 Å². The lowest BCUT2D eigenvalue weighted by Gasteiger charge is -2.30. The molecule has 8 heteroatoms. The fraction of sp³-hybridized carbons (Fsp3) is 0.211. The summed E-state index contributed by atoms with van der Waals surface area (Å²) in [4.78, 5) is 26.3. The van der Waals surface area contributed by atoms with Crippen molar-refractivity contribution in [3.8, 4) is 5.69 Å². The van der Waals surface area contributed by atoms with Crippen molar-refractivity contribution in [3.63, 3.8) is 0 Å². The zero-order chi connectivity index (χ0) is 18.8. The van der Waals surface area contributed by atoms with Crippen molar-refractivity contribution in [2.75, 3.05) is 11.4 Å². The number of fused-ring (bicyclic) bond motifs is 1. The van der Waals surface area contributed by atoms with E-state index in [0.717, 1.165) is 35.3 Å². The van der Waals surface area contributed by atoms with Gasteiger partial charge in [0, 0.05) is 17.8 Å². The molecule has 1 aliphatic rings. The lowest BCUT2D eigenvalue weighted by atomic mass is 9.95. The molecule has 0 saturated heterocycles. The summed E-state index contributed by atoms with van der Waals surface area (Å²) in [5.74, 6) is -0.466. The molecule has 0 bridgehead atoms. The third kappa shape index (κ3) is 3.29. The summed E-state index contributed by atoms with van der Waals surface area (Å²) in [7, 11) is 0. The maximum atomic E-state index is 12.9. The summed E-state index contributed by atoms with van der Waals surface area (Å²) < 4.78 is 1.55. The van der Waals surface area contributed by atoms with E-state index in [1.54, 1.807) is 21.7 Å². The second kappa shape index (κ2) is 6.99. The molecule has 0 atom stereocenters. The lowest BCUT2D eigenvalue weighted by Crippen LogP contribution is -2.37. The van der Waals surface area contributed by atoms with Crippen molar-refractivity contribution in [1.82, 2.24) is 20.2 Å². The Morgan fingerprint density at radius 1 is 1.11 bits per heavy atom. The Bertz CT molecular complexity index is 982. The van der Waals surface area contributed by atoms with Gasteiger partial charge < -0.3 is 10.6 Å². The summed E-state index contributed by atoms with van der Waals surface area (Å²) in [5, 5.41) is 11.1. The van der Waals surface area contributed by atoms with Gasteiger partial charge in [0.2, 0.25) is 11.8 Å². The van der Waals surface area contributed by atoms with Crippen molar-refractivity contribution in [2.24, 2.45) is 5.73 Å². The van der Waals surface area contributed by atoms with Crippen LogP contribution in [0.15, 0.2) is 48.8 Å². The molecule has 0 unspecified atom stereocenters. The van der Waals surface area contributed by atoms with Crippen LogP contribution in [0.2, 0.25) is 0 Å². The summed E-state index contributed by atoms with van der Waals surface area (Å²) in [6.07, 6.45) is 3.34. The second-order valence-corrected chi connectivity index (χ2v) is 6.41. The number of nitrogens with zero attached hydrogens (tertiary/aromatic N) is 5. The van der Waals surface area contributed by atoms with E-state index in [9.17, 15) is 9.59 Å². The Balaban J connectivity index is 1.55. The minimum Gasteiger partial charge on any atom is -0.366 e. The van der Waals surface area contributed by atoms with Gasteiger partial charge >= 0.3 is 0 Å². The third-order valence-electron chi connectivity index (χ3n) is 4.72. The quantitative estimate of drug-likeness (QED) is 0.752. The molecule has 3 aromatic rings. The van der Waals surface area contributed by atoms with Gasteiger partial charge in [-0.15, -0.1) is 5.10 Å². The zero-order valence-corrected chi connectivity index (χ0v) is 14.6. The molecule has 2 N–H and O–H groups in total. The minimum absolute atomic E-state index is 0.00672. The summed E-state index contributed by atoms with van der Waals surface area (Å²) >= 11 is 0. The van der Waals surface area contributed by atoms with Gasteiger partial charge in [-0.2, -0.15) is 0 Å². The highest BCUT2D eigenvalue weighted by Crippen LogP contribution is 2.30. The van der Waals surface area contributed by atoms with Crippen LogP contribution in [-0.4, -0.2) is 38.6 Å². The van der Waals surface area contributed by atoms with Gasteiger partial charge in [0.25, 0.3) is 0 Å². The maximum Gasteiger partial charge on any atom is 0.249 e. The van der Waals surface area contributed by atoms with Gasteiger partial charge in [0.05, 0.1) is 12.1 Å². The van der Waals surface area contributed by atoms with E-state index in [1.807, 2.05) is 30.3 Å². The molecule has 2 amide bonds. The molecule has 2 heterocycles. The Kier molecular flexibility index (Phi) is 4.37. The van der Waals surface area contributed by atoms with Crippen molar-refractivity contribution in [2.45, 2.75) is 19.3 Å². The molecule has 136 valence electrons. The topological polar surface area (TPSA) is 107 Å². The zero-order valence-electron chi connectivity index (χ0n) is 14.6. The van der Waals surface area contributed by atoms with E-state index in [-0.39, 0.29) is 12.3 Å². The van der Waals surface area contributed by atoms with Crippen molar-refractivity contribution in [1.29, 1.82) is 0 Å². The predicted octanol–water partition coefficient (Wildman–Crippen LogP) is 1.28. The number of benzene rings is 2. The van der Waals surface area contributed by atoms with E-state index in [4.69, 9.17) is 5.73 Å². The van der Waals surface area contributed by atoms with Crippen LogP contribution in [0.5, 0.6) is 0 Å². The monoisotopic (exact) mass is 362 g/mol. The maximum absolute atomic E-state index is 12.9. The Hall–Kier alpha value is -3.55. The molecular weight excluding hydrogens is 344 g/mol. The van der Waals surface area contributed by atoms with E-state index in [0.29, 0.717) is 12.1 Å². The van der Waals surface area contributed by atoms with Crippen molar-refractivity contribution in [3.05, 3.63) is 65.5 Å². The van der Waals surface area contributed by atoms with Crippen LogP contribution in [0.4, 0.5) is 5.69 Å². The molecule has 1 aliphatic heterocycles. The number of carbonyl (C=O) groups excluding carboxylic acids is 2. The normalized spacial score (nSPS) is 13.3. The average molecular weight is 362 g/mol. The fourth-order valence-corrected chi connectivity index (χ4v) is 3.43. The third-order valence-corrected chi connectivity index (χ3v) is 4.72. The molecule has 1 aromatic heterocycles. The molecule has 0 fully saturated rings. The predicted molar refractivity (Wildman–Crippen MR) is 98.5 cm³/mol. The highest BCUT2D eigenvalue weighted by atomic mass is 16.2. The van der Waals surface area contributed by atoms with Crippen LogP contribution in [-0.2, 0) is 17.6 Å². The van der Waals surface area contributed by atoms with E-state index < -0.39 is 5.91 Å². The molecule has 0 saturated carbocycles. The standard InChI is InChI=1S/C19H18N6O2/c20-19(27)16-3-1-5-17-15(16)4-2-10-24(17)18(26)11-13-6-8-14(9-7-13)25-12-21-22-23-25/h1,3,5-9,12H,2,4,10-11H2,(H2,20,27). The number of rotatable bonds is 4. The Morgan fingerprint density at radius 3 is 2.63 bits per heavy atom. The summed E-state index contributed by atoms with van der Waals surface area (Å²) in [6.45, 7) is 0.636. The number of anilines is 1. The first kappa shape index (κ1) is 16.9. The number of primary amides is 1. The van der Waals surface area contributed by atoms with Crippen molar-refractivity contribution >= 4 is 17.5 Å². The van der Waals surface area contributed by atoms with Crippen LogP contribution in [0, 0.1) is 0 Å². The lowest BCUT2D eigenvalue weighted by molar-refractivity contribution is -0.118. The number of aromatic nitrogens is 4. The van der Waals surface area contributed by atoms with E-state index in [1.165, 1.54) is 6.33 Å². The van der Waals surface area contributed by atoms with E-state index in [2.05, 4.69) is 15.5 Å². The number of hydrogen-bond acceptors (Lipinski definition) is 5. The SMILES string of the molecule is NC(=O)c1cccc2c1CCCN2C(=O)Cc1ccc(-n2cnnn2)cc1. The van der Waals surface area contributed by atoms with Crippen LogP contribution < -0.4 is 10.6 Å². The Morgan fingerprint density at radius 2 is 1.93 bits per heavy atom. The molecular formula is C19H18N6O2. The summed E-state index contributed by atoms with van der Waals surface area (Å²) in [5.41, 5.74) is 9.34. The van der Waals surface area contributed by atoms with Gasteiger partial charge in [-0.1, -0.05) is 18.2 Å². The van der Waals surface area contributed by atoms with Gasteiger partial charge in [-0.3, -0.25) is 9.59 Å². The number of tetrazole rings is 1. The molecule has 8 nitrogen and oxygen atoms in total. The van der Waals surface area contributed by atoms with E-state index >= 15 is 0 Å². The van der Waals surface area contributed by atoms with Gasteiger partial charge in [0.15, 0.2) is 0 Å². The molecule has 4 rings (SSSR count). The number of nitrogens with two attached hydrogens (primary N) is 1. The summed E-state index contributed by atoms with van der Waals surface area (Å²) in [6, 6.07) is 12.9. The Labute approximate surface area is 155 Å². The molecule has 0 spiro atoms. The van der Waals surface area contributed by atoms with Gasteiger partial charge in [-0.25, -0.2) is 4.68 Å². The number of hydrogen-bond donors (Lipinski definition) is 1. The fourth-order valence-electron chi connectivity index (χ4n) is 3.43. The molecule has 0 aliphatic carbocycles. The largest absolute Gasteiger partial charge is 0.366 e. The van der Waals surface area contributed by atoms with Crippen LogP contribution in [0.25, 0.3) is 5.69 Å². The number of carbonyl (C=O) groups is 2. The first-order chi connectivity index (χ1) is 13.1. The highest BCUT2D eigenvalue weighted by molar-refractivity contribution is 6.00. The minimum atomic E-state index is -0.459. The second-order valence-electron chi connectivity index (χ2n) is 6.41. The first-order valence-corrected chi connectivity index (χ1v) is 8.68. The van der Waals surface area contributed by atoms with Crippen LogP contribution in [0.3, 0.4) is 0 Å². The molecule has 0 radical (unpaired) electrons. The van der Waals surface area contributed by atoms with Crippen molar-refractivity contribution < 1.29 is 9.59 Å². The van der Waals surface area contributed by atoms with Crippen LogP contribution >= 0.6 is 0 Å². The van der Waals surface area contributed by atoms with Crippen LogP contribution in [0.1, 0.15) is 27.9 Å². The average Bonchev–Trinajstić information content (AvgIpc) is 3.22. The number of amides is 2. The molecule has 27 heavy (non-hydrogen) atoms. The van der Waals surface area contributed by atoms with Gasteiger partial charge in [0.1, 0.15) is 6.33 Å². The highest BCUT2D eigenvalue weighted by Gasteiger charge is 2.25. The molecule has 2 aromatic carbocycles.